The molecule has 0 aliphatic rings. The number of aryl methyl sites for hydroxylation is 1. The van der Waals surface area contributed by atoms with Gasteiger partial charge in [0.25, 0.3) is 5.91 Å². The lowest BCUT2D eigenvalue weighted by Crippen LogP contribution is -2.35. The highest BCUT2D eigenvalue weighted by Gasteiger charge is 2.20. The van der Waals surface area contributed by atoms with Gasteiger partial charge in [-0.1, -0.05) is 11.6 Å². The van der Waals surface area contributed by atoms with E-state index in [4.69, 9.17) is 21.8 Å². The number of hydrogen-bond donors (Lipinski definition) is 2. The normalized spacial score (nSPS) is 10.5. The molecule has 0 aliphatic heterocycles. The Morgan fingerprint density at radius 1 is 1.44 bits per heavy atom. The number of thiophene rings is 1. The number of carbonyl (C=O) groups is 1. The van der Waals surface area contributed by atoms with Gasteiger partial charge in [0.2, 0.25) is 0 Å². The van der Waals surface area contributed by atoms with Gasteiger partial charge >= 0.3 is 0 Å². The van der Waals surface area contributed by atoms with Crippen LogP contribution in [0.4, 0.5) is 0 Å². The zero-order valence-corrected chi connectivity index (χ0v) is 10.5. The molecule has 1 amide bonds. The summed E-state index contributed by atoms with van der Waals surface area (Å²) in [6, 6.07) is 0. The molecule has 0 atom stereocenters. The van der Waals surface area contributed by atoms with Crippen LogP contribution in [0.5, 0.6) is 0 Å². The first-order chi connectivity index (χ1) is 7.61. The first-order valence-corrected chi connectivity index (χ1v) is 6.12. The zero-order valence-electron chi connectivity index (χ0n) is 8.94. The standard InChI is InChI=1S/C10H14ClNO3S/c1-7-6-16-9(8(7)11)10(15)12(2-4-13)3-5-14/h6,13-14H,2-5H2,1H3. The van der Waals surface area contributed by atoms with Crippen LogP contribution < -0.4 is 0 Å². The van der Waals surface area contributed by atoms with E-state index in [0.29, 0.717) is 9.90 Å². The van der Waals surface area contributed by atoms with Crippen LogP contribution in [0.15, 0.2) is 5.38 Å². The molecule has 0 unspecified atom stereocenters. The molecule has 1 rings (SSSR count). The Bertz CT molecular complexity index is 361. The monoisotopic (exact) mass is 263 g/mol. The summed E-state index contributed by atoms with van der Waals surface area (Å²) in [5.41, 5.74) is 0.864. The highest BCUT2D eigenvalue weighted by atomic mass is 35.5. The number of amides is 1. The summed E-state index contributed by atoms with van der Waals surface area (Å²) in [5, 5.41) is 19.9. The molecular weight excluding hydrogens is 250 g/mol. The maximum atomic E-state index is 12.0. The molecule has 6 heteroatoms. The Labute approximate surface area is 103 Å². The van der Waals surface area contributed by atoms with Crippen molar-refractivity contribution in [2.75, 3.05) is 26.3 Å². The Hall–Kier alpha value is -0.620. The van der Waals surface area contributed by atoms with E-state index in [1.807, 2.05) is 12.3 Å². The van der Waals surface area contributed by atoms with Crippen LogP contribution in [0.1, 0.15) is 15.2 Å². The van der Waals surface area contributed by atoms with Crippen molar-refractivity contribution in [3.63, 3.8) is 0 Å². The predicted molar refractivity (Wildman–Crippen MR) is 64.1 cm³/mol. The third-order valence-electron chi connectivity index (χ3n) is 2.12. The minimum absolute atomic E-state index is 0.131. The Balaban J connectivity index is 2.85. The molecule has 4 nitrogen and oxygen atoms in total. The predicted octanol–water partition coefficient (Wildman–Crippen LogP) is 1.14. The van der Waals surface area contributed by atoms with Crippen molar-refractivity contribution in [1.82, 2.24) is 4.90 Å². The third-order valence-corrected chi connectivity index (χ3v) is 3.81. The fraction of sp³-hybridized carbons (Fsp3) is 0.500. The van der Waals surface area contributed by atoms with Gasteiger partial charge in [-0.3, -0.25) is 4.79 Å². The van der Waals surface area contributed by atoms with Crippen LogP contribution in [-0.4, -0.2) is 47.3 Å². The van der Waals surface area contributed by atoms with E-state index in [1.54, 1.807) is 0 Å². The maximum absolute atomic E-state index is 12.0. The van der Waals surface area contributed by atoms with Gasteiger partial charge in [0.1, 0.15) is 4.88 Å². The lowest BCUT2D eigenvalue weighted by molar-refractivity contribution is 0.0689. The van der Waals surface area contributed by atoms with Crippen molar-refractivity contribution in [1.29, 1.82) is 0 Å². The van der Waals surface area contributed by atoms with Gasteiger partial charge in [-0.2, -0.15) is 0 Å². The highest BCUT2D eigenvalue weighted by molar-refractivity contribution is 7.13. The van der Waals surface area contributed by atoms with Gasteiger partial charge in [-0.25, -0.2) is 0 Å². The van der Waals surface area contributed by atoms with Crippen molar-refractivity contribution >= 4 is 28.8 Å². The molecule has 90 valence electrons. The van der Waals surface area contributed by atoms with Gasteiger partial charge < -0.3 is 15.1 Å². The summed E-state index contributed by atoms with van der Waals surface area (Å²) in [4.78, 5) is 13.8. The number of hydrogen-bond acceptors (Lipinski definition) is 4. The van der Waals surface area contributed by atoms with Gasteiger partial charge in [-0.05, 0) is 17.9 Å². The number of halogens is 1. The third kappa shape index (κ3) is 2.95. The summed E-state index contributed by atoms with van der Waals surface area (Å²) in [5.74, 6) is -0.244. The van der Waals surface area contributed by atoms with Gasteiger partial charge in [-0.15, -0.1) is 11.3 Å². The second-order valence-corrected chi connectivity index (χ2v) is 4.56. The van der Waals surface area contributed by atoms with Crippen molar-refractivity contribution in [3.8, 4) is 0 Å². The maximum Gasteiger partial charge on any atom is 0.265 e. The molecule has 1 aromatic rings. The van der Waals surface area contributed by atoms with E-state index in [2.05, 4.69) is 0 Å². The lowest BCUT2D eigenvalue weighted by Gasteiger charge is -2.19. The molecule has 0 spiro atoms. The fourth-order valence-electron chi connectivity index (χ4n) is 1.27. The van der Waals surface area contributed by atoms with Crippen LogP contribution in [0, 0.1) is 6.92 Å². The fourth-order valence-corrected chi connectivity index (χ4v) is 2.51. The number of aliphatic hydroxyl groups is 2. The van der Waals surface area contributed by atoms with E-state index in [-0.39, 0.29) is 32.2 Å². The zero-order chi connectivity index (χ0) is 12.1. The molecular formula is C10H14ClNO3S. The molecule has 2 N–H and O–H groups in total. The topological polar surface area (TPSA) is 60.8 Å². The molecule has 0 aromatic carbocycles. The second kappa shape index (κ2) is 6.20. The smallest absolute Gasteiger partial charge is 0.265 e. The second-order valence-electron chi connectivity index (χ2n) is 3.30. The number of carbonyl (C=O) groups excluding carboxylic acids is 1. The van der Waals surface area contributed by atoms with E-state index in [9.17, 15) is 4.79 Å². The summed E-state index contributed by atoms with van der Waals surface area (Å²) in [6.45, 7) is 1.97. The van der Waals surface area contributed by atoms with Gasteiger partial charge in [0.15, 0.2) is 0 Å². The van der Waals surface area contributed by atoms with Crippen LogP contribution in [0.25, 0.3) is 0 Å². The quantitative estimate of drug-likeness (QED) is 0.837. The SMILES string of the molecule is Cc1csc(C(=O)N(CCO)CCO)c1Cl. The minimum Gasteiger partial charge on any atom is -0.395 e. The summed E-state index contributed by atoms with van der Waals surface area (Å²) < 4.78 is 0. The molecule has 0 aliphatic carbocycles. The Kier molecular flexibility index (Phi) is 5.21. The summed E-state index contributed by atoms with van der Waals surface area (Å²) >= 11 is 7.26. The minimum atomic E-state index is -0.244. The highest BCUT2D eigenvalue weighted by Crippen LogP contribution is 2.28. The molecule has 0 saturated heterocycles. The van der Waals surface area contributed by atoms with E-state index < -0.39 is 0 Å². The first-order valence-electron chi connectivity index (χ1n) is 4.86. The molecule has 0 fully saturated rings. The van der Waals surface area contributed by atoms with E-state index >= 15 is 0 Å². The number of aliphatic hydroxyl groups excluding tert-OH is 2. The van der Waals surface area contributed by atoms with E-state index in [0.717, 1.165) is 5.56 Å². The number of nitrogens with zero attached hydrogens (tertiary/aromatic N) is 1. The van der Waals surface area contributed by atoms with Crippen LogP contribution >= 0.6 is 22.9 Å². The molecule has 0 bridgehead atoms. The molecule has 0 saturated carbocycles. The van der Waals surface area contributed by atoms with E-state index in [1.165, 1.54) is 16.2 Å². The van der Waals surface area contributed by atoms with Crippen molar-refractivity contribution < 1.29 is 15.0 Å². The summed E-state index contributed by atoms with van der Waals surface area (Å²) in [7, 11) is 0. The lowest BCUT2D eigenvalue weighted by atomic mass is 10.3. The van der Waals surface area contributed by atoms with Gasteiger partial charge in [0.05, 0.1) is 18.2 Å². The molecule has 16 heavy (non-hydrogen) atoms. The van der Waals surface area contributed by atoms with Crippen LogP contribution in [0.2, 0.25) is 5.02 Å². The average molecular weight is 264 g/mol. The Morgan fingerprint density at radius 3 is 2.38 bits per heavy atom. The average Bonchev–Trinajstić information content (AvgIpc) is 2.59. The van der Waals surface area contributed by atoms with Crippen LogP contribution in [0.3, 0.4) is 0 Å². The van der Waals surface area contributed by atoms with Crippen molar-refractivity contribution in [2.45, 2.75) is 6.92 Å². The molecule has 1 heterocycles. The largest absolute Gasteiger partial charge is 0.395 e. The van der Waals surface area contributed by atoms with Gasteiger partial charge in [0, 0.05) is 13.1 Å². The molecule has 1 aromatic heterocycles. The molecule has 0 radical (unpaired) electrons. The van der Waals surface area contributed by atoms with Crippen molar-refractivity contribution in [3.05, 3.63) is 20.8 Å². The van der Waals surface area contributed by atoms with Crippen molar-refractivity contribution in [2.24, 2.45) is 0 Å². The number of rotatable bonds is 5. The summed E-state index contributed by atoms with van der Waals surface area (Å²) in [6.07, 6.45) is 0. The Morgan fingerprint density at radius 2 is 2.00 bits per heavy atom. The first kappa shape index (κ1) is 13.4. The van der Waals surface area contributed by atoms with Crippen LogP contribution in [-0.2, 0) is 0 Å².